The zero-order chi connectivity index (χ0) is 15.6. The molecule has 1 aliphatic rings. The van der Waals surface area contributed by atoms with Gasteiger partial charge in [-0.2, -0.15) is 0 Å². The number of nitrogens with one attached hydrogen (secondary N) is 1. The number of rotatable bonds is 4. The van der Waals surface area contributed by atoms with Crippen LogP contribution in [0.5, 0.6) is 0 Å². The predicted octanol–water partition coefficient (Wildman–Crippen LogP) is 2.59. The first-order valence-corrected chi connectivity index (χ1v) is 9.26. The van der Waals surface area contributed by atoms with Gasteiger partial charge in [-0.25, -0.2) is 12.8 Å². The maximum absolute atomic E-state index is 14.1. The van der Waals surface area contributed by atoms with Crippen molar-refractivity contribution in [3.8, 4) is 0 Å². The van der Waals surface area contributed by atoms with Crippen molar-refractivity contribution in [2.24, 2.45) is 11.8 Å². The molecule has 0 amide bonds. The lowest BCUT2D eigenvalue weighted by molar-refractivity contribution is 0.270. The standard InChI is InChI=1S/C14H20ClFN2O2S/c1-21(19,20)11-4-2-3-9(7-11)14(18-17)12-6-5-10(15)8-13(12)16/h5-6,8-9,11,14,18H,2-4,7,17H2,1H3. The van der Waals surface area contributed by atoms with Crippen molar-refractivity contribution in [2.45, 2.75) is 37.0 Å². The molecule has 0 aliphatic heterocycles. The van der Waals surface area contributed by atoms with E-state index in [4.69, 9.17) is 17.4 Å². The van der Waals surface area contributed by atoms with E-state index in [0.29, 0.717) is 23.4 Å². The van der Waals surface area contributed by atoms with Crippen LogP contribution >= 0.6 is 11.6 Å². The van der Waals surface area contributed by atoms with Crippen LogP contribution in [0.3, 0.4) is 0 Å². The summed E-state index contributed by atoms with van der Waals surface area (Å²) >= 11 is 5.76. The molecule has 1 aliphatic carbocycles. The van der Waals surface area contributed by atoms with Crippen molar-refractivity contribution in [3.05, 3.63) is 34.6 Å². The van der Waals surface area contributed by atoms with Crippen molar-refractivity contribution >= 4 is 21.4 Å². The summed E-state index contributed by atoms with van der Waals surface area (Å²) in [6.07, 6.45) is 4.04. The van der Waals surface area contributed by atoms with Gasteiger partial charge >= 0.3 is 0 Å². The Bertz CT molecular complexity index is 609. The van der Waals surface area contributed by atoms with Crippen molar-refractivity contribution in [3.63, 3.8) is 0 Å². The van der Waals surface area contributed by atoms with Crippen molar-refractivity contribution < 1.29 is 12.8 Å². The van der Waals surface area contributed by atoms with Crippen LogP contribution in [0.2, 0.25) is 5.02 Å². The molecule has 4 nitrogen and oxygen atoms in total. The molecule has 0 spiro atoms. The molecule has 1 saturated carbocycles. The van der Waals surface area contributed by atoms with Crippen LogP contribution in [-0.4, -0.2) is 19.9 Å². The fourth-order valence-corrected chi connectivity index (χ4v) is 4.46. The third kappa shape index (κ3) is 3.94. The molecule has 2 rings (SSSR count). The molecule has 3 unspecified atom stereocenters. The minimum absolute atomic E-state index is 0.0147. The second kappa shape index (κ2) is 6.60. The first-order chi connectivity index (χ1) is 9.82. The fraction of sp³-hybridized carbons (Fsp3) is 0.571. The molecular weight excluding hydrogens is 315 g/mol. The molecule has 1 aromatic rings. The van der Waals surface area contributed by atoms with Gasteiger partial charge in [0.15, 0.2) is 0 Å². The molecule has 0 heterocycles. The summed E-state index contributed by atoms with van der Waals surface area (Å²) in [6.45, 7) is 0. The largest absolute Gasteiger partial charge is 0.271 e. The first-order valence-electron chi connectivity index (χ1n) is 6.93. The van der Waals surface area contributed by atoms with Gasteiger partial charge in [-0.3, -0.25) is 11.3 Å². The predicted molar refractivity (Wildman–Crippen MR) is 82.1 cm³/mol. The molecule has 21 heavy (non-hydrogen) atoms. The maximum Gasteiger partial charge on any atom is 0.150 e. The number of hydrogen-bond acceptors (Lipinski definition) is 4. The first kappa shape index (κ1) is 16.7. The quantitative estimate of drug-likeness (QED) is 0.655. The van der Waals surface area contributed by atoms with Crippen LogP contribution < -0.4 is 11.3 Å². The Morgan fingerprint density at radius 2 is 2.14 bits per heavy atom. The Kier molecular flexibility index (Phi) is 5.24. The van der Waals surface area contributed by atoms with E-state index in [9.17, 15) is 12.8 Å². The molecule has 118 valence electrons. The number of benzene rings is 1. The minimum Gasteiger partial charge on any atom is -0.271 e. The minimum atomic E-state index is -3.08. The third-order valence-corrected chi connectivity index (χ3v) is 6.09. The number of hydrazine groups is 1. The fourth-order valence-electron chi connectivity index (χ4n) is 3.11. The van der Waals surface area contributed by atoms with Gasteiger partial charge in [0, 0.05) is 16.8 Å². The van der Waals surface area contributed by atoms with Crippen molar-refractivity contribution in [1.29, 1.82) is 0 Å². The highest BCUT2D eigenvalue weighted by Crippen LogP contribution is 2.37. The van der Waals surface area contributed by atoms with E-state index in [2.05, 4.69) is 5.43 Å². The van der Waals surface area contributed by atoms with Crippen LogP contribution in [0, 0.1) is 11.7 Å². The SMILES string of the molecule is CS(=O)(=O)C1CCCC(C(NN)c2ccc(Cl)cc2F)C1. The summed E-state index contributed by atoms with van der Waals surface area (Å²) in [5.41, 5.74) is 3.07. The number of sulfone groups is 1. The Morgan fingerprint density at radius 3 is 2.71 bits per heavy atom. The van der Waals surface area contributed by atoms with Gasteiger partial charge in [0.2, 0.25) is 0 Å². The second-order valence-electron chi connectivity index (χ2n) is 5.69. The van der Waals surface area contributed by atoms with E-state index < -0.39 is 21.7 Å². The van der Waals surface area contributed by atoms with E-state index in [0.717, 1.165) is 12.8 Å². The maximum atomic E-state index is 14.1. The normalized spacial score (nSPS) is 24.8. The molecule has 0 aromatic heterocycles. The Hall–Kier alpha value is -0.690. The van der Waals surface area contributed by atoms with Gasteiger partial charge < -0.3 is 0 Å². The van der Waals surface area contributed by atoms with Crippen LogP contribution in [0.4, 0.5) is 4.39 Å². The topological polar surface area (TPSA) is 72.2 Å². The summed E-state index contributed by atoms with van der Waals surface area (Å²) in [5, 5.41) is -0.0489. The summed E-state index contributed by atoms with van der Waals surface area (Å²) in [5.74, 6) is 5.16. The lowest BCUT2D eigenvalue weighted by atomic mass is 9.81. The van der Waals surface area contributed by atoms with Gasteiger partial charge in [-0.15, -0.1) is 0 Å². The van der Waals surface area contributed by atoms with E-state index in [1.54, 1.807) is 12.1 Å². The van der Waals surface area contributed by atoms with Gasteiger partial charge in [0.1, 0.15) is 15.7 Å². The Balaban J connectivity index is 2.24. The van der Waals surface area contributed by atoms with Crippen LogP contribution in [0.1, 0.15) is 37.3 Å². The van der Waals surface area contributed by atoms with Crippen molar-refractivity contribution in [2.75, 3.05) is 6.26 Å². The zero-order valence-electron chi connectivity index (χ0n) is 11.9. The Labute approximate surface area is 129 Å². The molecule has 1 aromatic carbocycles. The second-order valence-corrected chi connectivity index (χ2v) is 8.45. The lowest BCUT2D eigenvalue weighted by Gasteiger charge is -2.33. The monoisotopic (exact) mass is 334 g/mol. The van der Waals surface area contributed by atoms with Crippen LogP contribution in [0.25, 0.3) is 0 Å². The van der Waals surface area contributed by atoms with Crippen LogP contribution in [0.15, 0.2) is 18.2 Å². The summed E-state index contributed by atoms with van der Waals surface area (Å²) in [6, 6.07) is 4.05. The van der Waals surface area contributed by atoms with E-state index in [1.807, 2.05) is 0 Å². The molecule has 1 fully saturated rings. The molecule has 3 N–H and O–H groups in total. The molecule has 3 atom stereocenters. The smallest absolute Gasteiger partial charge is 0.150 e. The average Bonchev–Trinajstić information content (AvgIpc) is 2.41. The van der Waals surface area contributed by atoms with E-state index >= 15 is 0 Å². The average molecular weight is 335 g/mol. The summed E-state index contributed by atoms with van der Waals surface area (Å²) < 4.78 is 37.6. The number of hydrogen-bond donors (Lipinski definition) is 2. The Morgan fingerprint density at radius 1 is 1.43 bits per heavy atom. The number of nitrogens with two attached hydrogens (primary N) is 1. The van der Waals surface area contributed by atoms with Crippen LogP contribution in [-0.2, 0) is 9.84 Å². The molecule has 0 radical (unpaired) electrons. The van der Waals surface area contributed by atoms with Gasteiger partial charge in [0.05, 0.1) is 11.3 Å². The lowest BCUT2D eigenvalue weighted by Crippen LogP contribution is -2.38. The summed E-state index contributed by atoms with van der Waals surface area (Å²) in [4.78, 5) is 0. The third-order valence-electron chi connectivity index (χ3n) is 4.22. The zero-order valence-corrected chi connectivity index (χ0v) is 13.4. The molecular formula is C14H20ClFN2O2S. The van der Waals surface area contributed by atoms with E-state index in [-0.39, 0.29) is 11.2 Å². The van der Waals surface area contributed by atoms with Gasteiger partial charge in [-0.1, -0.05) is 24.1 Å². The number of halogens is 2. The highest BCUT2D eigenvalue weighted by atomic mass is 35.5. The highest BCUT2D eigenvalue weighted by Gasteiger charge is 2.34. The summed E-state index contributed by atoms with van der Waals surface area (Å²) in [7, 11) is -3.08. The van der Waals surface area contributed by atoms with Gasteiger partial charge in [0.25, 0.3) is 0 Å². The molecule has 0 saturated heterocycles. The van der Waals surface area contributed by atoms with Gasteiger partial charge in [-0.05, 0) is 37.3 Å². The highest BCUT2D eigenvalue weighted by molar-refractivity contribution is 7.91. The molecule has 0 bridgehead atoms. The van der Waals surface area contributed by atoms with Crippen molar-refractivity contribution in [1.82, 2.24) is 5.43 Å². The molecule has 7 heteroatoms. The van der Waals surface area contributed by atoms with E-state index in [1.165, 1.54) is 12.3 Å².